The van der Waals surface area contributed by atoms with Crippen LogP contribution in [0.25, 0.3) is 10.2 Å². The average molecular weight is 392 g/mol. The van der Waals surface area contributed by atoms with Crippen LogP contribution in [-0.4, -0.2) is 35.2 Å². The third-order valence-corrected chi connectivity index (χ3v) is 6.11. The molecule has 2 aromatic heterocycles. The minimum absolute atomic E-state index is 0.00160. The average Bonchev–Trinajstić information content (AvgIpc) is 2.82. The Balaban J connectivity index is 1.60. The number of carbonyl (C=O) groups is 1. The van der Waals surface area contributed by atoms with Crippen molar-refractivity contribution in [3.05, 3.63) is 27.1 Å². The smallest absolute Gasteiger partial charge is 0.262 e. The maximum Gasteiger partial charge on any atom is 0.262 e. The Bertz CT molecular complexity index is 841. The topological polar surface area (TPSA) is 73.2 Å². The van der Waals surface area contributed by atoms with E-state index in [0.29, 0.717) is 25.7 Å². The summed E-state index contributed by atoms with van der Waals surface area (Å²) in [4.78, 5) is 31.6. The normalized spacial score (nSPS) is 14.3. The van der Waals surface area contributed by atoms with E-state index >= 15 is 0 Å². The molecule has 0 aliphatic heterocycles. The van der Waals surface area contributed by atoms with Crippen molar-refractivity contribution in [3.8, 4) is 0 Å². The molecule has 0 fully saturated rings. The van der Waals surface area contributed by atoms with Gasteiger partial charge in [-0.05, 0) is 43.6 Å². The molecule has 0 saturated heterocycles. The summed E-state index contributed by atoms with van der Waals surface area (Å²) >= 11 is 1.64. The third kappa shape index (κ3) is 5.17. The van der Waals surface area contributed by atoms with E-state index < -0.39 is 0 Å². The van der Waals surface area contributed by atoms with Crippen molar-refractivity contribution in [1.82, 2.24) is 14.9 Å². The molecule has 1 aliphatic rings. The predicted octanol–water partition coefficient (Wildman–Crippen LogP) is 2.91. The molecule has 0 atom stereocenters. The molecule has 0 saturated carbocycles. The maximum absolute atomic E-state index is 12.9. The van der Waals surface area contributed by atoms with E-state index in [1.165, 1.54) is 34.2 Å². The summed E-state index contributed by atoms with van der Waals surface area (Å²) in [5.74, 6) is 0.424. The van der Waals surface area contributed by atoms with Gasteiger partial charge in [0, 0.05) is 18.0 Å². The van der Waals surface area contributed by atoms with Crippen LogP contribution in [0.1, 0.15) is 50.0 Å². The second-order valence-corrected chi connectivity index (χ2v) is 8.65. The maximum atomic E-state index is 12.9. The van der Waals surface area contributed by atoms with Gasteiger partial charge < -0.3 is 10.1 Å². The number of hydrogen-bond donors (Lipinski definition) is 1. The lowest BCUT2D eigenvalue weighted by Crippen LogP contribution is -2.34. The van der Waals surface area contributed by atoms with Gasteiger partial charge in [-0.15, -0.1) is 11.3 Å². The Kier molecular flexibility index (Phi) is 7.01. The van der Waals surface area contributed by atoms with Crippen molar-refractivity contribution < 1.29 is 9.53 Å². The molecule has 1 N–H and O–H groups in total. The largest absolute Gasteiger partial charge is 0.380 e. The van der Waals surface area contributed by atoms with Crippen LogP contribution in [0.2, 0.25) is 0 Å². The summed E-state index contributed by atoms with van der Waals surface area (Å²) in [5.41, 5.74) is 1.07. The SMILES string of the molecule is CC(C)CCOCCNC(=O)Cn1cnc2sc3c(c2c1=O)CCCCC3. The van der Waals surface area contributed by atoms with Crippen LogP contribution in [-0.2, 0) is 28.9 Å². The molecular formula is C20H29N3O3S. The van der Waals surface area contributed by atoms with Crippen molar-refractivity contribution in [3.63, 3.8) is 0 Å². The molecule has 6 nitrogen and oxygen atoms in total. The Hall–Kier alpha value is -1.73. The molecule has 0 spiro atoms. The number of thiophene rings is 1. The lowest BCUT2D eigenvalue weighted by atomic mass is 10.1. The monoisotopic (exact) mass is 391 g/mol. The number of aromatic nitrogens is 2. The van der Waals surface area contributed by atoms with Crippen LogP contribution >= 0.6 is 11.3 Å². The second kappa shape index (κ2) is 9.46. The van der Waals surface area contributed by atoms with Crippen molar-refractivity contribution >= 4 is 27.5 Å². The lowest BCUT2D eigenvalue weighted by Gasteiger charge is -2.09. The fourth-order valence-corrected chi connectivity index (χ4v) is 4.58. The summed E-state index contributed by atoms with van der Waals surface area (Å²) in [6.45, 7) is 5.95. The minimum atomic E-state index is -0.188. The van der Waals surface area contributed by atoms with Gasteiger partial charge >= 0.3 is 0 Å². The molecular weight excluding hydrogens is 362 g/mol. The zero-order valence-corrected chi connectivity index (χ0v) is 17.1. The molecule has 148 valence electrons. The zero-order chi connectivity index (χ0) is 19.2. The van der Waals surface area contributed by atoms with E-state index in [2.05, 4.69) is 24.1 Å². The first kappa shape index (κ1) is 20.0. The highest BCUT2D eigenvalue weighted by atomic mass is 32.1. The van der Waals surface area contributed by atoms with Crippen molar-refractivity contribution in [2.45, 2.75) is 58.9 Å². The first-order valence-corrected chi connectivity index (χ1v) is 10.7. The van der Waals surface area contributed by atoms with Gasteiger partial charge in [0.05, 0.1) is 18.3 Å². The number of fused-ring (bicyclic) bond motifs is 3. The Morgan fingerprint density at radius 1 is 1.30 bits per heavy atom. The quantitative estimate of drug-likeness (QED) is 0.555. The summed E-state index contributed by atoms with van der Waals surface area (Å²) in [5, 5.41) is 3.54. The fraction of sp³-hybridized carbons (Fsp3) is 0.650. The van der Waals surface area contributed by atoms with E-state index in [0.717, 1.165) is 35.9 Å². The number of ether oxygens (including phenoxy) is 1. The highest BCUT2D eigenvalue weighted by Gasteiger charge is 2.19. The molecule has 27 heavy (non-hydrogen) atoms. The summed E-state index contributed by atoms with van der Waals surface area (Å²) in [7, 11) is 0. The number of nitrogens with zero attached hydrogens (tertiary/aromatic N) is 2. The summed E-state index contributed by atoms with van der Waals surface area (Å²) in [6, 6.07) is 0. The van der Waals surface area contributed by atoms with Crippen molar-refractivity contribution in [2.24, 2.45) is 5.92 Å². The summed E-state index contributed by atoms with van der Waals surface area (Å²) < 4.78 is 6.92. The first-order chi connectivity index (χ1) is 13.1. The minimum Gasteiger partial charge on any atom is -0.380 e. The van der Waals surface area contributed by atoms with Crippen LogP contribution in [0.15, 0.2) is 11.1 Å². The number of nitrogens with one attached hydrogen (secondary N) is 1. The van der Waals surface area contributed by atoms with Crippen molar-refractivity contribution in [1.29, 1.82) is 0 Å². The molecule has 3 rings (SSSR count). The van der Waals surface area contributed by atoms with Crippen molar-refractivity contribution in [2.75, 3.05) is 19.8 Å². The van der Waals surface area contributed by atoms with Gasteiger partial charge in [-0.25, -0.2) is 4.98 Å². The van der Waals surface area contributed by atoms with Gasteiger partial charge in [-0.2, -0.15) is 0 Å². The van der Waals surface area contributed by atoms with Gasteiger partial charge in [0.2, 0.25) is 5.91 Å². The molecule has 2 heterocycles. The molecule has 0 bridgehead atoms. The molecule has 7 heteroatoms. The number of aryl methyl sites for hydroxylation is 2. The third-order valence-electron chi connectivity index (χ3n) is 4.91. The van der Waals surface area contributed by atoms with Gasteiger partial charge in [-0.3, -0.25) is 14.2 Å². The van der Waals surface area contributed by atoms with Crippen LogP contribution in [0, 0.1) is 5.92 Å². The number of rotatable bonds is 8. The van der Waals surface area contributed by atoms with E-state index in [9.17, 15) is 9.59 Å². The van der Waals surface area contributed by atoms with E-state index in [4.69, 9.17) is 4.74 Å². The Morgan fingerprint density at radius 2 is 2.11 bits per heavy atom. The first-order valence-electron chi connectivity index (χ1n) is 9.90. The number of carbonyl (C=O) groups excluding carboxylic acids is 1. The predicted molar refractivity (Wildman–Crippen MR) is 108 cm³/mol. The molecule has 1 amide bonds. The fourth-order valence-electron chi connectivity index (χ4n) is 3.36. The van der Waals surface area contributed by atoms with Crippen LogP contribution in [0.4, 0.5) is 0 Å². The van der Waals surface area contributed by atoms with E-state index in [1.807, 2.05) is 0 Å². The second-order valence-electron chi connectivity index (χ2n) is 7.57. The number of amides is 1. The highest BCUT2D eigenvalue weighted by molar-refractivity contribution is 7.18. The molecule has 0 unspecified atom stereocenters. The van der Waals surface area contributed by atoms with Gasteiger partial charge in [0.1, 0.15) is 11.4 Å². The number of hydrogen-bond acceptors (Lipinski definition) is 5. The highest BCUT2D eigenvalue weighted by Crippen LogP contribution is 2.32. The van der Waals surface area contributed by atoms with Crippen LogP contribution in [0.3, 0.4) is 0 Å². The Morgan fingerprint density at radius 3 is 2.93 bits per heavy atom. The van der Waals surface area contributed by atoms with Gasteiger partial charge in [0.25, 0.3) is 5.56 Å². The molecule has 1 aliphatic carbocycles. The summed E-state index contributed by atoms with van der Waals surface area (Å²) in [6.07, 6.45) is 7.99. The standard InChI is InChI=1S/C20H29N3O3S/c1-14(2)8-10-26-11-9-21-17(24)12-23-13-22-19-18(20(23)25)15-6-4-3-5-7-16(15)27-19/h13-14H,3-12H2,1-2H3,(H,21,24). The molecule has 0 aromatic carbocycles. The van der Waals surface area contributed by atoms with Crippen LogP contribution in [0.5, 0.6) is 0 Å². The van der Waals surface area contributed by atoms with E-state index in [1.54, 1.807) is 11.3 Å². The lowest BCUT2D eigenvalue weighted by molar-refractivity contribution is -0.121. The Labute approximate surface area is 163 Å². The van der Waals surface area contributed by atoms with E-state index in [-0.39, 0.29) is 18.0 Å². The molecule has 2 aromatic rings. The zero-order valence-electron chi connectivity index (χ0n) is 16.3. The van der Waals surface area contributed by atoms with Gasteiger partial charge in [-0.1, -0.05) is 20.3 Å². The van der Waals surface area contributed by atoms with Crippen LogP contribution < -0.4 is 10.9 Å². The van der Waals surface area contributed by atoms with Gasteiger partial charge in [0.15, 0.2) is 0 Å². The molecule has 0 radical (unpaired) electrons.